The molecule has 0 fully saturated rings. The maximum Gasteiger partial charge on any atom is 0.263 e. The second-order valence-electron chi connectivity index (χ2n) is 7.28. The molecule has 0 aliphatic carbocycles. The number of sulfonamides is 1. The predicted molar refractivity (Wildman–Crippen MR) is 124 cm³/mol. The van der Waals surface area contributed by atoms with Gasteiger partial charge in [0.1, 0.15) is 4.90 Å². The highest BCUT2D eigenvalue weighted by atomic mass is 35.5. The molecule has 1 N–H and O–H groups in total. The van der Waals surface area contributed by atoms with E-state index in [-0.39, 0.29) is 27.4 Å². The largest absolute Gasteiger partial charge is 0.280 e. The zero-order valence-electron chi connectivity index (χ0n) is 16.8. The summed E-state index contributed by atoms with van der Waals surface area (Å²) in [6.07, 6.45) is 4.48. The van der Waals surface area contributed by atoms with Crippen molar-refractivity contribution in [2.45, 2.75) is 30.0 Å². The summed E-state index contributed by atoms with van der Waals surface area (Å²) in [4.78, 5) is 17.3. The Hall–Kier alpha value is -2.49. The second-order valence-corrected chi connectivity index (χ2v) is 10.5. The Balaban J connectivity index is 1.67. The molecule has 0 bridgehead atoms. The fourth-order valence-corrected chi connectivity index (χ4v) is 5.67. The molecule has 2 aromatic heterocycles. The average molecular weight is 474 g/mol. The Morgan fingerprint density at radius 1 is 1.13 bits per heavy atom. The summed E-state index contributed by atoms with van der Waals surface area (Å²) in [5, 5.41) is 1.13. The highest BCUT2D eigenvalue weighted by molar-refractivity contribution is 8.14. The summed E-state index contributed by atoms with van der Waals surface area (Å²) < 4.78 is 28.0. The topological polar surface area (TPSA) is 97.2 Å². The first-order chi connectivity index (χ1) is 14.8. The molecule has 0 saturated heterocycles. The van der Waals surface area contributed by atoms with Crippen molar-refractivity contribution >= 4 is 44.1 Å². The molecule has 4 rings (SSSR count). The number of hydrogen-bond acceptors (Lipinski definition) is 7. The number of aliphatic imine (C=N–C) groups is 1. The lowest BCUT2D eigenvalue weighted by molar-refractivity contribution is 0.601. The lowest BCUT2D eigenvalue weighted by Gasteiger charge is -2.18. The first-order valence-electron chi connectivity index (χ1n) is 9.59. The van der Waals surface area contributed by atoms with Gasteiger partial charge in [0.2, 0.25) is 5.28 Å². The van der Waals surface area contributed by atoms with Crippen molar-refractivity contribution in [2.75, 3.05) is 4.72 Å². The number of hydrogen-bond donors (Lipinski definition) is 1. The van der Waals surface area contributed by atoms with Gasteiger partial charge in [0, 0.05) is 30.2 Å². The number of benzene rings is 1. The van der Waals surface area contributed by atoms with Crippen LogP contribution in [-0.4, -0.2) is 28.4 Å². The van der Waals surface area contributed by atoms with E-state index in [2.05, 4.69) is 33.5 Å². The van der Waals surface area contributed by atoms with E-state index in [1.165, 1.54) is 18.5 Å². The van der Waals surface area contributed by atoms with Crippen molar-refractivity contribution in [3.8, 4) is 0 Å². The van der Waals surface area contributed by atoms with Crippen LogP contribution in [0.1, 0.15) is 36.4 Å². The van der Waals surface area contributed by atoms with Gasteiger partial charge in [0.25, 0.3) is 10.0 Å². The SMILES string of the molecule is CC(C)C1=NC(c2cccc(NS(=O)(=O)c3cccnc3)c2)C(c2ccnc(Cl)n2)S1. The quantitative estimate of drug-likeness (QED) is 0.511. The van der Waals surface area contributed by atoms with Crippen molar-refractivity contribution in [3.63, 3.8) is 0 Å². The fourth-order valence-electron chi connectivity index (χ4n) is 3.20. The number of nitrogens with zero attached hydrogens (tertiary/aromatic N) is 4. The first-order valence-corrected chi connectivity index (χ1v) is 12.3. The predicted octanol–water partition coefficient (Wildman–Crippen LogP) is 4.91. The maximum atomic E-state index is 12.7. The molecule has 2 unspecified atom stereocenters. The van der Waals surface area contributed by atoms with Gasteiger partial charge in [-0.2, -0.15) is 0 Å². The van der Waals surface area contributed by atoms with Crippen LogP contribution in [0.25, 0.3) is 0 Å². The third kappa shape index (κ3) is 4.89. The Kier molecular flexibility index (Phi) is 6.27. The van der Waals surface area contributed by atoms with Crippen LogP contribution in [-0.2, 0) is 10.0 Å². The van der Waals surface area contributed by atoms with Crippen LogP contribution in [0.3, 0.4) is 0 Å². The molecule has 1 aliphatic heterocycles. The molecular formula is C21H20ClN5O2S2. The van der Waals surface area contributed by atoms with Crippen LogP contribution in [0.15, 0.2) is 70.9 Å². The lowest BCUT2D eigenvalue weighted by atomic mass is 10.0. The molecule has 1 aliphatic rings. The molecule has 160 valence electrons. The van der Waals surface area contributed by atoms with E-state index in [9.17, 15) is 8.42 Å². The smallest absolute Gasteiger partial charge is 0.263 e. The molecule has 2 atom stereocenters. The van der Waals surface area contributed by atoms with Gasteiger partial charge in [0.05, 0.1) is 22.0 Å². The summed E-state index contributed by atoms with van der Waals surface area (Å²) in [7, 11) is -3.74. The minimum Gasteiger partial charge on any atom is -0.280 e. The van der Waals surface area contributed by atoms with Gasteiger partial charge >= 0.3 is 0 Å². The minimum atomic E-state index is -3.74. The number of nitrogens with one attached hydrogen (secondary N) is 1. The summed E-state index contributed by atoms with van der Waals surface area (Å²) in [6.45, 7) is 4.19. The molecule has 0 amide bonds. The van der Waals surface area contributed by atoms with Crippen LogP contribution in [0.4, 0.5) is 5.69 Å². The number of aromatic nitrogens is 3. The van der Waals surface area contributed by atoms with E-state index < -0.39 is 10.0 Å². The van der Waals surface area contributed by atoms with Crippen molar-refractivity contribution in [3.05, 3.63) is 77.6 Å². The third-order valence-corrected chi connectivity index (χ3v) is 7.78. The van der Waals surface area contributed by atoms with Crippen LogP contribution in [0, 0.1) is 5.92 Å². The van der Waals surface area contributed by atoms with E-state index in [1.807, 2.05) is 24.3 Å². The van der Waals surface area contributed by atoms with Crippen LogP contribution < -0.4 is 4.72 Å². The Labute approximate surface area is 190 Å². The highest BCUT2D eigenvalue weighted by Gasteiger charge is 2.35. The third-order valence-electron chi connectivity index (χ3n) is 4.66. The van der Waals surface area contributed by atoms with Gasteiger partial charge in [-0.25, -0.2) is 18.4 Å². The Morgan fingerprint density at radius 2 is 1.97 bits per heavy atom. The van der Waals surface area contributed by atoms with Crippen molar-refractivity contribution in [1.82, 2.24) is 15.0 Å². The second kappa shape index (κ2) is 8.94. The lowest BCUT2D eigenvalue weighted by Crippen LogP contribution is -2.13. The van der Waals surface area contributed by atoms with Gasteiger partial charge < -0.3 is 0 Å². The molecule has 0 spiro atoms. The van der Waals surface area contributed by atoms with Gasteiger partial charge in [0.15, 0.2) is 0 Å². The molecule has 0 radical (unpaired) electrons. The highest BCUT2D eigenvalue weighted by Crippen LogP contribution is 2.49. The summed E-state index contributed by atoms with van der Waals surface area (Å²) in [6, 6.07) is 12.0. The monoisotopic (exact) mass is 473 g/mol. The molecule has 3 heterocycles. The van der Waals surface area contributed by atoms with Crippen molar-refractivity contribution < 1.29 is 8.42 Å². The summed E-state index contributed by atoms with van der Waals surface area (Å²) in [5.74, 6) is 0.266. The molecule has 3 aromatic rings. The summed E-state index contributed by atoms with van der Waals surface area (Å²) >= 11 is 7.67. The molecule has 1 aromatic carbocycles. The van der Waals surface area contributed by atoms with Crippen LogP contribution in [0.2, 0.25) is 5.28 Å². The zero-order chi connectivity index (χ0) is 22.0. The van der Waals surface area contributed by atoms with Gasteiger partial charge in [-0.15, -0.1) is 0 Å². The van der Waals surface area contributed by atoms with Gasteiger partial charge in [-0.1, -0.05) is 37.7 Å². The standard InChI is InChI=1S/C21H20ClN5O2S2/c1-13(2)20-26-18(19(30-20)17-8-10-24-21(22)25-17)14-5-3-6-15(11-14)27-31(28,29)16-7-4-9-23-12-16/h3-13,18-19,27H,1-2H3. The van der Waals surface area contributed by atoms with Crippen molar-refractivity contribution in [1.29, 1.82) is 0 Å². The number of pyridine rings is 1. The van der Waals surface area contributed by atoms with Crippen LogP contribution in [0.5, 0.6) is 0 Å². The van der Waals surface area contributed by atoms with Crippen molar-refractivity contribution in [2.24, 2.45) is 10.9 Å². The normalized spacial score (nSPS) is 18.8. The molecule has 10 heteroatoms. The summed E-state index contributed by atoms with van der Waals surface area (Å²) in [5.41, 5.74) is 2.13. The molecular weight excluding hydrogens is 454 g/mol. The molecule has 0 saturated carbocycles. The first kappa shape index (κ1) is 21.7. The Morgan fingerprint density at radius 3 is 2.68 bits per heavy atom. The maximum absolute atomic E-state index is 12.7. The van der Waals surface area contributed by atoms with E-state index in [4.69, 9.17) is 16.6 Å². The molecule has 31 heavy (non-hydrogen) atoms. The number of thioether (sulfide) groups is 1. The van der Waals surface area contributed by atoms with Gasteiger partial charge in [-0.3, -0.25) is 14.7 Å². The van der Waals surface area contributed by atoms with E-state index in [0.29, 0.717) is 5.69 Å². The van der Waals surface area contributed by atoms with E-state index in [1.54, 1.807) is 30.1 Å². The zero-order valence-corrected chi connectivity index (χ0v) is 19.2. The fraction of sp³-hybridized carbons (Fsp3) is 0.238. The Bertz CT molecular complexity index is 1220. The van der Waals surface area contributed by atoms with Gasteiger partial charge in [-0.05, 0) is 47.5 Å². The van der Waals surface area contributed by atoms with E-state index >= 15 is 0 Å². The number of rotatable bonds is 6. The number of halogens is 1. The molecule has 7 nitrogen and oxygen atoms in total. The van der Waals surface area contributed by atoms with Crippen LogP contribution >= 0.6 is 23.4 Å². The average Bonchev–Trinajstić information content (AvgIpc) is 3.20. The minimum absolute atomic E-state index is 0.0805. The number of anilines is 1. The van der Waals surface area contributed by atoms with E-state index in [0.717, 1.165) is 16.3 Å².